The van der Waals surface area contributed by atoms with E-state index < -0.39 is 0 Å². The lowest BCUT2D eigenvalue weighted by Gasteiger charge is -2.30. The molecule has 0 aliphatic carbocycles. The molecule has 1 fully saturated rings. The topological polar surface area (TPSA) is 59.0 Å². The second kappa shape index (κ2) is 4.91. The molecule has 6 heteroatoms. The molecule has 0 spiro atoms. The zero-order valence-electron chi connectivity index (χ0n) is 10.4. The second-order valence-corrected chi connectivity index (χ2v) is 4.60. The fourth-order valence-electron chi connectivity index (χ4n) is 2.26. The van der Waals surface area contributed by atoms with Crippen molar-refractivity contribution >= 4 is 0 Å². The Morgan fingerprint density at radius 3 is 3.17 bits per heavy atom. The molecule has 0 aromatic carbocycles. The van der Waals surface area contributed by atoms with Crippen molar-refractivity contribution in [3.8, 4) is 11.6 Å². The standard InChI is InChI=1S/C12H17N5O/c1-16-6-7-18-10(8-16)9-17-5-4-15-12(17)11-13-2-3-14-11/h2-5,10H,6-9H2,1H3,(H,13,14). The van der Waals surface area contributed by atoms with Crippen LogP contribution in [0.1, 0.15) is 0 Å². The molecule has 3 rings (SSSR count). The molecule has 0 radical (unpaired) electrons. The maximum atomic E-state index is 5.77. The molecule has 1 aliphatic heterocycles. The third kappa shape index (κ3) is 2.30. The van der Waals surface area contributed by atoms with Crippen molar-refractivity contribution in [3.63, 3.8) is 0 Å². The van der Waals surface area contributed by atoms with Crippen molar-refractivity contribution in [2.45, 2.75) is 12.6 Å². The highest BCUT2D eigenvalue weighted by molar-refractivity contribution is 5.43. The minimum Gasteiger partial charge on any atom is -0.374 e. The van der Waals surface area contributed by atoms with Gasteiger partial charge < -0.3 is 19.2 Å². The van der Waals surface area contributed by atoms with Crippen LogP contribution in [0.5, 0.6) is 0 Å². The Kier molecular flexibility index (Phi) is 3.12. The summed E-state index contributed by atoms with van der Waals surface area (Å²) < 4.78 is 7.86. The molecule has 3 heterocycles. The maximum absolute atomic E-state index is 5.77. The number of hydrogen-bond acceptors (Lipinski definition) is 4. The van der Waals surface area contributed by atoms with Crippen molar-refractivity contribution in [1.82, 2.24) is 24.4 Å². The quantitative estimate of drug-likeness (QED) is 0.863. The highest BCUT2D eigenvalue weighted by atomic mass is 16.5. The molecule has 1 aliphatic rings. The van der Waals surface area contributed by atoms with Crippen LogP contribution in [-0.2, 0) is 11.3 Å². The molecule has 0 bridgehead atoms. The fraction of sp³-hybridized carbons (Fsp3) is 0.500. The summed E-state index contributed by atoms with van der Waals surface area (Å²) in [6.07, 6.45) is 7.52. The van der Waals surface area contributed by atoms with E-state index >= 15 is 0 Å². The number of ether oxygens (including phenoxy) is 1. The largest absolute Gasteiger partial charge is 0.374 e. The van der Waals surface area contributed by atoms with Crippen LogP contribution in [0.25, 0.3) is 11.6 Å². The van der Waals surface area contributed by atoms with Gasteiger partial charge in [-0.25, -0.2) is 9.97 Å². The van der Waals surface area contributed by atoms with E-state index in [9.17, 15) is 0 Å². The minimum absolute atomic E-state index is 0.215. The molecule has 2 aromatic heterocycles. The average molecular weight is 247 g/mol. The Morgan fingerprint density at radius 1 is 1.44 bits per heavy atom. The van der Waals surface area contributed by atoms with Gasteiger partial charge in [-0.05, 0) is 7.05 Å². The summed E-state index contributed by atoms with van der Waals surface area (Å²) in [4.78, 5) is 14.0. The van der Waals surface area contributed by atoms with Crippen molar-refractivity contribution < 1.29 is 4.74 Å². The first-order valence-corrected chi connectivity index (χ1v) is 6.14. The summed E-state index contributed by atoms with van der Waals surface area (Å²) in [5, 5.41) is 0. The van der Waals surface area contributed by atoms with Crippen molar-refractivity contribution in [1.29, 1.82) is 0 Å². The Hall–Kier alpha value is -1.66. The molecule has 1 saturated heterocycles. The number of aromatic amines is 1. The molecule has 1 unspecified atom stereocenters. The summed E-state index contributed by atoms with van der Waals surface area (Å²) in [6.45, 7) is 3.56. The Bertz CT molecular complexity index is 492. The fourth-order valence-corrected chi connectivity index (χ4v) is 2.26. The number of morpholine rings is 1. The van der Waals surface area contributed by atoms with Gasteiger partial charge in [0.05, 0.1) is 19.3 Å². The van der Waals surface area contributed by atoms with E-state index in [1.807, 2.05) is 6.20 Å². The number of imidazole rings is 2. The first-order valence-electron chi connectivity index (χ1n) is 6.14. The summed E-state index contributed by atoms with van der Waals surface area (Å²) >= 11 is 0. The lowest BCUT2D eigenvalue weighted by Crippen LogP contribution is -2.41. The maximum Gasteiger partial charge on any atom is 0.176 e. The van der Waals surface area contributed by atoms with Crippen molar-refractivity contribution in [2.24, 2.45) is 0 Å². The average Bonchev–Trinajstić information content (AvgIpc) is 2.98. The molecular weight excluding hydrogens is 230 g/mol. The summed E-state index contributed by atoms with van der Waals surface area (Å²) in [5.74, 6) is 1.65. The number of nitrogens with zero attached hydrogens (tertiary/aromatic N) is 4. The highest BCUT2D eigenvalue weighted by Crippen LogP contribution is 2.14. The van der Waals surface area contributed by atoms with Gasteiger partial charge in [0.15, 0.2) is 11.6 Å². The second-order valence-electron chi connectivity index (χ2n) is 4.60. The van der Waals surface area contributed by atoms with Crippen LogP contribution in [0.4, 0.5) is 0 Å². The normalized spacial score (nSPS) is 21.3. The first-order chi connectivity index (χ1) is 8.83. The van der Waals surface area contributed by atoms with Gasteiger partial charge in [-0.3, -0.25) is 0 Å². The van der Waals surface area contributed by atoms with Crippen LogP contribution >= 0.6 is 0 Å². The number of H-pyrrole nitrogens is 1. The predicted molar refractivity (Wildman–Crippen MR) is 67.0 cm³/mol. The minimum atomic E-state index is 0.215. The molecule has 0 saturated carbocycles. The molecule has 6 nitrogen and oxygen atoms in total. The third-order valence-electron chi connectivity index (χ3n) is 3.17. The van der Waals surface area contributed by atoms with E-state index in [0.29, 0.717) is 0 Å². The Balaban J connectivity index is 1.75. The van der Waals surface area contributed by atoms with Gasteiger partial charge in [-0.2, -0.15) is 0 Å². The predicted octanol–water partition coefficient (Wildman–Crippen LogP) is 0.604. The lowest BCUT2D eigenvalue weighted by molar-refractivity contribution is -0.0272. The zero-order valence-corrected chi connectivity index (χ0v) is 10.4. The van der Waals surface area contributed by atoms with E-state index in [1.165, 1.54) is 0 Å². The van der Waals surface area contributed by atoms with E-state index in [-0.39, 0.29) is 6.10 Å². The van der Waals surface area contributed by atoms with Crippen LogP contribution in [0, 0.1) is 0 Å². The Morgan fingerprint density at radius 2 is 2.39 bits per heavy atom. The molecule has 0 amide bonds. The molecule has 2 aromatic rings. The van der Waals surface area contributed by atoms with E-state index in [1.54, 1.807) is 18.6 Å². The molecule has 18 heavy (non-hydrogen) atoms. The SMILES string of the molecule is CN1CCOC(Cn2ccnc2-c2ncc[nH]2)C1. The summed E-state index contributed by atoms with van der Waals surface area (Å²) in [6, 6.07) is 0. The number of likely N-dealkylation sites (N-methyl/N-ethyl adjacent to an activating group) is 1. The highest BCUT2D eigenvalue weighted by Gasteiger charge is 2.19. The van der Waals surface area contributed by atoms with Gasteiger partial charge in [0.2, 0.25) is 0 Å². The van der Waals surface area contributed by atoms with Crippen LogP contribution in [0.3, 0.4) is 0 Å². The Labute approximate surface area is 106 Å². The van der Waals surface area contributed by atoms with Crippen LogP contribution in [0.15, 0.2) is 24.8 Å². The molecular formula is C12H17N5O. The number of nitrogens with one attached hydrogen (secondary N) is 1. The van der Waals surface area contributed by atoms with Crippen LogP contribution in [-0.4, -0.2) is 57.3 Å². The summed E-state index contributed by atoms with van der Waals surface area (Å²) in [7, 11) is 2.12. The van der Waals surface area contributed by atoms with E-state index in [2.05, 4.69) is 31.5 Å². The summed E-state index contributed by atoms with van der Waals surface area (Å²) in [5.41, 5.74) is 0. The number of hydrogen-bond donors (Lipinski definition) is 1. The van der Waals surface area contributed by atoms with Crippen LogP contribution < -0.4 is 0 Å². The molecule has 1 atom stereocenters. The van der Waals surface area contributed by atoms with Crippen molar-refractivity contribution in [2.75, 3.05) is 26.7 Å². The number of rotatable bonds is 3. The number of aromatic nitrogens is 4. The van der Waals surface area contributed by atoms with Gasteiger partial charge in [0.25, 0.3) is 0 Å². The zero-order chi connectivity index (χ0) is 12.4. The first kappa shape index (κ1) is 11.4. The van der Waals surface area contributed by atoms with Crippen molar-refractivity contribution in [3.05, 3.63) is 24.8 Å². The lowest BCUT2D eigenvalue weighted by atomic mass is 10.3. The van der Waals surface area contributed by atoms with Crippen LogP contribution in [0.2, 0.25) is 0 Å². The van der Waals surface area contributed by atoms with Gasteiger partial charge in [0, 0.05) is 37.9 Å². The molecule has 96 valence electrons. The van der Waals surface area contributed by atoms with Gasteiger partial charge >= 0.3 is 0 Å². The smallest absolute Gasteiger partial charge is 0.176 e. The van der Waals surface area contributed by atoms with Gasteiger partial charge in [0.1, 0.15) is 0 Å². The molecule has 1 N–H and O–H groups in total. The van der Waals surface area contributed by atoms with Gasteiger partial charge in [-0.15, -0.1) is 0 Å². The van der Waals surface area contributed by atoms with E-state index in [4.69, 9.17) is 4.74 Å². The van der Waals surface area contributed by atoms with Gasteiger partial charge in [-0.1, -0.05) is 0 Å². The monoisotopic (exact) mass is 247 g/mol. The van der Waals surface area contributed by atoms with E-state index in [0.717, 1.165) is 37.9 Å². The third-order valence-corrected chi connectivity index (χ3v) is 3.17.